The van der Waals surface area contributed by atoms with Crippen LogP contribution in [-0.2, 0) is 9.84 Å². The normalized spacial score (nSPS) is 14.7. The average Bonchev–Trinajstić information content (AvgIpc) is 2.92. The standard InChI is InChI=1S/C30H20N2O3S/c33-36(34)29-17-9-6-14-25(29)31(21-10-2-1-3-11-21)26-20-22(18-19-30(26)36)32-23-12-4-7-15-27(23)35-28-16-8-5-13-24(28)32/h1-20H. The second-order valence-electron chi connectivity index (χ2n) is 8.67. The van der Waals surface area contributed by atoms with E-state index in [2.05, 4.69) is 4.90 Å². The van der Waals surface area contributed by atoms with Gasteiger partial charge in [-0.2, -0.15) is 0 Å². The van der Waals surface area contributed by atoms with E-state index in [-0.39, 0.29) is 4.90 Å². The van der Waals surface area contributed by atoms with E-state index in [0.29, 0.717) is 16.3 Å². The van der Waals surface area contributed by atoms with Gasteiger partial charge in [0.25, 0.3) is 0 Å². The van der Waals surface area contributed by atoms with Crippen LogP contribution in [0.4, 0.5) is 34.1 Å². The maximum Gasteiger partial charge on any atom is 0.210 e. The van der Waals surface area contributed by atoms with Crippen molar-refractivity contribution < 1.29 is 13.2 Å². The summed E-state index contributed by atoms with van der Waals surface area (Å²) in [7, 11) is -3.70. The zero-order valence-electron chi connectivity index (χ0n) is 19.1. The molecule has 7 rings (SSSR count). The monoisotopic (exact) mass is 488 g/mol. The molecular formula is C30H20N2O3S. The minimum atomic E-state index is -3.70. The van der Waals surface area contributed by atoms with Gasteiger partial charge in [0.05, 0.1) is 32.5 Å². The van der Waals surface area contributed by atoms with Crippen molar-refractivity contribution in [2.45, 2.75) is 9.79 Å². The summed E-state index contributed by atoms with van der Waals surface area (Å²) in [4.78, 5) is 4.72. The molecule has 0 N–H and O–H groups in total. The summed E-state index contributed by atoms with van der Waals surface area (Å²) in [6, 6.07) is 38.3. The highest BCUT2D eigenvalue weighted by Gasteiger charge is 2.36. The van der Waals surface area contributed by atoms with Gasteiger partial charge in [0.2, 0.25) is 9.84 Å². The Morgan fingerprint density at radius 3 is 1.69 bits per heavy atom. The molecule has 0 amide bonds. The van der Waals surface area contributed by atoms with Crippen molar-refractivity contribution in [1.82, 2.24) is 0 Å². The summed E-state index contributed by atoms with van der Waals surface area (Å²) in [5, 5.41) is 0. The van der Waals surface area contributed by atoms with Gasteiger partial charge in [-0.25, -0.2) is 8.42 Å². The molecule has 0 unspecified atom stereocenters. The van der Waals surface area contributed by atoms with E-state index in [4.69, 9.17) is 4.74 Å². The van der Waals surface area contributed by atoms with Gasteiger partial charge in [-0.3, -0.25) is 0 Å². The fourth-order valence-corrected chi connectivity index (χ4v) is 6.60. The summed E-state index contributed by atoms with van der Waals surface area (Å²) in [6.45, 7) is 0. The van der Waals surface area contributed by atoms with E-state index in [9.17, 15) is 8.42 Å². The Morgan fingerprint density at radius 2 is 1.00 bits per heavy atom. The van der Waals surface area contributed by atoms with Gasteiger partial charge >= 0.3 is 0 Å². The molecule has 0 saturated heterocycles. The summed E-state index contributed by atoms with van der Waals surface area (Å²) < 4.78 is 33.6. The Bertz CT molecular complexity index is 1700. The Kier molecular flexibility index (Phi) is 4.46. The van der Waals surface area contributed by atoms with E-state index in [1.165, 1.54) is 0 Å². The lowest BCUT2D eigenvalue weighted by Gasteiger charge is -2.36. The predicted octanol–water partition coefficient (Wildman–Crippen LogP) is 7.88. The van der Waals surface area contributed by atoms with Crippen LogP contribution in [0.2, 0.25) is 0 Å². The smallest absolute Gasteiger partial charge is 0.210 e. The van der Waals surface area contributed by atoms with Crippen LogP contribution in [0.3, 0.4) is 0 Å². The van der Waals surface area contributed by atoms with E-state index in [0.717, 1.165) is 34.2 Å². The molecule has 2 aliphatic rings. The predicted molar refractivity (Wildman–Crippen MR) is 141 cm³/mol. The third kappa shape index (κ3) is 2.98. The van der Waals surface area contributed by atoms with Gasteiger partial charge in [-0.05, 0) is 66.7 Å². The first-order valence-corrected chi connectivity index (χ1v) is 13.1. The van der Waals surface area contributed by atoms with Crippen LogP contribution < -0.4 is 14.5 Å². The van der Waals surface area contributed by atoms with Crippen molar-refractivity contribution in [3.8, 4) is 11.5 Å². The van der Waals surface area contributed by atoms with Gasteiger partial charge in [0.15, 0.2) is 11.5 Å². The van der Waals surface area contributed by atoms with Gasteiger partial charge < -0.3 is 14.5 Å². The maximum absolute atomic E-state index is 13.7. The summed E-state index contributed by atoms with van der Waals surface area (Å²) in [5.41, 5.74) is 4.76. The lowest BCUT2D eigenvalue weighted by atomic mass is 10.1. The number of hydrogen-bond donors (Lipinski definition) is 0. The fourth-order valence-electron chi connectivity index (χ4n) is 5.00. The number of nitrogens with zero attached hydrogens (tertiary/aromatic N) is 2. The maximum atomic E-state index is 13.7. The zero-order valence-corrected chi connectivity index (χ0v) is 19.9. The van der Waals surface area contributed by atoms with E-state index < -0.39 is 9.84 Å². The lowest BCUT2D eigenvalue weighted by Crippen LogP contribution is -2.23. The van der Waals surface area contributed by atoms with Crippen molar-refractivity contribution in [2.75, 3.05) is 9.80 Å². The van der Waals surface area contributed by atoms with Crippen LogP contribution >= 0.6 is 0 Å². The summed E-state index contributed by atoms with van der Waals surface area (Å²) in [6.07, 6.45) is 0. The van der Waals surface area contributed by atoms with Crippen molar-refractivity contribution >= 4 is 44.0 Å². The molecule has 0 bridgehead atoms. The largest absolute Gasteiger partial charge is 0.453 e. The summed E-state index contributed by atoms with van der Waals surface area (Å²) >= 11 is 0. The molecule has 5 aromatic carbocycles. The Balaban J connectivity index is 1.50. The molecule has 6 heteroatoms. The topological polar surface area (TPSA) is 49.9 Å². The highest BCUT2D eigenvalue weighted by Crippen LogP contribution is 2.53. The first-order chi connectivity index (χ1) is 17.6. The molecule has 5 nitrogen and oxygen atoms in total. The highest BCUT2D eigenvalue weighted by atomic mass is 32.2. The molecule has 0 radical (unpaired) electrons. The Hall–Kier alpha value is -4.55. The number of sulfone groups is 1. The van der Waals surface area contributed by atoms with Crippen LogP contribution in [0.25, 0.3) is 0 Å². The highest BCUT2D eigenvalue weighted by molar-refractivity contribution is 7.92. The molecule has 0 saturated carbocycles. The van der Waals surface area contributed by atoms with Crippen molar-refractivity contribution in [2.24, 2.45) is 0 Å². The van der Waals surface area contributed by atoms with E-state index >= 15 is 0 Å². The third-order valence-electron chi connectivity index (χ3n) is 6.57. The number of para-hydroxylation sites is 6. The number of hydrogen-bond acceptors (Lipinski definition) is 5. The number of fused-ring (bicyclic) bond motifs is 4. The van der Waals surface area contributed by atoms with E-state index in [1.807, 2.05) is 108 Å². The first kappa shape index (κ1) is 20.8. The molecule has 0 spiro atoms. The lowest BCUT2D eigenvalue weighted by molar-refractivity contribution is 0.477. The van der Waals surface area contributed by atoms with Crippen molar-refractivity contribution in [1.29, 1.82) is 0 Å². The van der Waals surface area contributed by atoms with E-state index in [1.54, 1.807) is 18.2 Å². The molecular weight excluding hydrogens is 468 g/mol. The van der Waals surface area contributed by atoms with Gasteiger partial charge in [-0.15, -0.1) is 0 Å². The summed E-state index contributed by atoms with van der Waals surface area (Å²) in [5.74, 6) is 1.48. The quantitative estimate of drug-likeness (QED) is 0.248. The molecule has 2 heterocycles. The van der Waals surface area contributed by atoms with Crippen LogP contribution in [0, 0.1) is 0 Å². The second-order valence-corrected chi connectivity index (χ2v) is 10.6. The second kappa shape index (κ2) is 7.73. The fraction of sp³-hybridized carbons (Fsp3) is 0. The van der Waals surface area contributed by atoms with Crippen molar-refractivity contribution in [3.05, 3.63) is 121 Å². The average molecular weight is 489 g/mol. The Morgan fingerprint density at radius 1 is 0.472 bits per heavy atom. The number of rotatable bonds is 2. The molecule has 2 aliphatic heterocycles. The number of ether oxygens (including phenoxy) is 1. The number of anilines is 6. The van der Waals surface area contributed by atoms with Crippen LogP contribution in [0.1, 0.15) is 0 Å². The van der Waals surface area contributed by atoms with Crippen LogP contribution in [0.15, 0.2) is 131 Å². The minimum Gasteiger partial charge on any atom is -0.453 e. The molecule has 0 aromatic heterocycles. The first-order valence-electron chi connectivity index (χ1n) is 11.6. The van der Waals surface area contributed by atoms with Gasteiger partial charge in [0, 0.05) is 11.4 Å². The SMILES string of the molecule is O=S1(=O)c2ccccc2N(c2ccccc2)c2cc(N3c4ccccc4Oc4ccccc43)ccc21. The minimum absolute atomic E-state index is 0.281. The van der Waals surface area contributed by atoms with Gasteiger partial charge in [0.1, 0.15) is 0 Å². The van der Waals surface area contributed by atoms with Crippen LogP contribution in [-0.4, -0.2) is 8.42 Å². The Labute approximate surface area is 209 Å². The zero-order chi connectivity index (χ0) is 24.3. The molecule has 0 fully saturated rings. The number of benzene rings is 5. The molecule has 174 valence electrons. The van der Waals surface area contributed by atoms with Crippen LogP contribution in [0.5, 0.6) is 11.5 Å². The third-order valence-corrected chi connectivity index (χ3v) is 8.42. The van der Waals surface area contributed by atoms with Gasteiger partial charge in [-0.1, -0.05) is 54.6 Å². The molecule has 0 aliphatic carbocycles. The molecule has 36 heavy (non-hydrogen) atoms. The molecule has 5 aromatic rings. The van der Waals surface area contributed by atoms with Crippen molar-refractivity contribution in [3.63, 3.8) is 0 Å². The molecule has 0 atom stereocenters.